The first-order valence-corrected chi connectivity index (χ1v) is 8.92. The standard InChI is InChI=1S/C17H32N2O/c1-2-15-12-19(13-16-8-4-7-11-20-16)17(14-18-15)9-5-3-6-10-17/h15-16,18H,2-14H2,1H3. The Morgan fingerprint density at radius 3 is 2.70 bits per heavy atom. The lowest BCUT2D eigenvalue weighted by Crippen LogP contribution is -2.66. The van der Waals surface area contributed by atoms with Gasteiger partial charge in [-0.1, -0.05) is 26.2 Å². The van der Waals surface area contributed by atoms with Crippen LogP contribution in [0.5, 0.6) is 0 Å². The summed E-state index contributed by atoms with van der Waals surface area (Å²) in [5.41, 5.74) is 0.449. The van der Waals surface area contributed by atoms with Crippen LogP contribution in [0.15, 0.2) is 0 Å². The lowest BCUT2D eigenvalue weighted by atomic mass is 9.78. The average molecular weight is 280 g/mol. The SMILES string of the molecule is CCC1CN(CC2CCCCO2)C2(CCCCC2)CN1. The first-order chi connectivity index (χ1) is 9.82. The Bertz CT molecular complexity index is 295. The zero-order valence-electron chi connectivity index (χ0n) is 13.2. The molecule has 3 heteroatoms. The lowest BCUT2D eigenvalue weighted by molar-refractivity contribution is -0.0570. The van der Waals surface area contributed by atoms with Crippen LogP contribution in [0.1, 0.15) is 64.7 Å². The minimum Gasteiger partial charge on any atom is -0.377 e. The van der Waals surface area contributed by atoms with E-state index in [0.717, 1.165) is 6.61 Å². The minimum absolute atomic E-state index is 0.449. The second-order valence-electron chi connectivity index (χ2n) is 7.16. The van der Waals surface area contributed by atoms with Crippen LogP contribution in [-0.2, 0) is 4.74 Å². The first kappa shape index (κ1) is 14.8. The Hall–Kier alpha value is -0.120. The molecule has 3 nitrogen and oxygen atoms in total. The van der Waals surface area contributed by atoms with Crippen molar-refractivity contribution in [1.29, 1.82) is 0 Å². The van der Waals surface area contributed by atoms with Gasteiger partial charge < -0.3 is 10.1 Å². The van der Waals surface area contributed by atoms with E-state index in [2.05, 4.69) is 17.1 Å². The van der Waals surface area contributed by atoms with Gasteiger partial charge in [0, 0.05) is 37.8 Å². The fourth-order valence-electron chi connectivity index (χ4n) is 4.41. The second kappa shape index (κ2) is 6.76. The van der Waals surface area contributed by atoms with Crippen molar-refractivity contribution in [3.8, 4) is 0 Å². The zero-order valence-corrected chi connectivity index (χ0v) is 13.2. The zero-order chi connectivity index (χ0) is 13.8. The van der Waals surface area contributed by atoms with Crippen LogP contribution in [-0.4, -0.2) is 48.8 Å². The predicted octanol–water partition coefficient (Wildman–Crippen LogP) is 2.94. The molecular weight excluding hydrogens is 248 g/mol. The smallest absolute Gasteiger partial charge is 0.0702 e. The minimum atomic E-state index is 0.449. The van der Waals surface area contributed by atoms with Crippen molar-refractivity contribution in [2.45, 2.75) is 82.4 Å². The number of nitrogens with one attached hydrogen (secondary N) is 1. The van der Waals surface area contributed by atoms with Gasteiger partial charge in [0.15, 0.2) is 0 Å². The van der Waals surface area contributed by atoms with Gasteiger partial charge in [0.05, 0.1) is 6.10 Å². The highest BCUT2D eigenvalue weighted by Crippen LogP contribution is 2.36. The largest absolute Gasteiger partial charge is 0.377 e. The summed E-state index contributed by atoms with van der Waals surface area (Å²) in [4.78, 5) is 2.83. The molecule has 0 aromatic heterocycles. The number of hydrogen-bond acceptors (Lipinski definition) is 3. The molecule has 0 bridgehead atoms. The number of hydrogen-bond donors (Lipinski definition) is 1. The molecule has 2 aliphatic heterocycles. The van der Waals surface area contributed by atoms with E-state index in [1.54, 1.807) is 0 Å². The van der Waals surface area contributed by atoms with Crippen molar-refractivity contribution in [3.05, 3.63) is 0 Å². The second-order valence-corrected chi connectivity index (χ2v) is 7.16. The Balaban J connectivity index is 1.67. The van der Waals surface area contributed by atoms with Gasteiger partial charge in [-0.2, -0.15) is 0 Å². The van der Waals surface area contributed by atoms with Gasteiger partial charge in [-0.25, -0.2) is 0 Å². The molecule has 3 rings (SSSR count). The van der Waals surface area contributed by atoms with Crippen LogP contribution in [0, 0.1) is 0 Å². The van der Waals surface area contributed by atoms with Crippen molar-refractivity contribution in [3.63, 3.8) is 0 Å². The van der Waals surface area contributed by atoms with Crippen LogP contribution in [0.4, 0.5) is 0 Å². The third-order valence-electron chi connectivity index (χ3n) is 5.81. The van der Waals surface area contributed by atoms with E-state index in [1.807, 2.05) is 0 Å². The normalized spacial score (nSPS) is 35.2. The number of piperazine rings is 1. The molecule has 1 spiro atoms. The summed E-state index contributed by atoms with van der Waals surface area (Å²) in [6, 6.07) is 0.686. The lowest BCUT2D eigenvalue weighted by Gasteiger charge is -2.53. The topological polar surface area (TPSA) is 24.5 Å². The van der Waals surface area contributed by atoms with Gasteiger partial charge in [0.1, 0.15) is 0 Å². The fourth-order valence-corrected chi connectivity index (χ4v) is 4.41. The highest BCUT2D eigenvalue weighted by molar-refractivity contribution is 5.01. The Morgan fingerprint density at radius 1 is 1.15 bits per heavy atom. The van der Waals surface area contributed by atoms with Crippen LogP contribution < -0.4 is 5.32 Å². The van der Waals surface area contributed by atoms with Crippen LogP contribution >= 0.6 is 0 Å². The molecule has 0 aromatic rings. The maximum absolute atomic E-state index is 6.02. The van der Waals surface area contributed by atoms with Gasteiger partial charge in [0.25, 0.3) is 0 Å². The highest BCUT2D eigenvalue weighted by Gasteiger charge is 2.42. The molecule has 0 amide bonds. The summed E-state index contributed by atoms with van der Waals surface area (Å²) < 4.78 is 6.02. The van der Waals surface area contributed by atoms with Crippen LogP contribution in [0.25, 0.3) is 0 Å². The summed E-state index contributed by atoms with van der Waals surface area (Å²) in [5.74, 6) is 0. The van der Waals surface area contributed by atoms with Crippen LogP contribution in [0.3, 0.4) is 0 Å². The van der Waals surface area contributed by atoms with Gasteiger partial charge in [-0.05, 0) is 38.5 Å². The van der Waals surface area contributed by atoms with E-state index in [-0.39, 0.29) is 0 Å². The van der Waals surface area contributed by atoms with E-state index in [9.17, 15) is 0 Å². The summed E-state index contributed by atoms with van der Waals surface area (Å²) in [6.45, 7) is 6.92. The molecule has 3 fully saturated rings. The molecule has 2 atom stereocenters. The Morgan fingerprint density at radius 2 is 2.00 bits per heavy atom. The number of ether oxygens (including phenoxy) is 1. The monoisotopic (exact) mass is 280 g/mol. The fraction of sp³-hybridized carbons (Fsp3) is 1.00. The molecule has 116 valence electrons. The summed E-state index contributed by atoms with van der Waals surface area (Å²) >= 11 is 0. The highest BCUT2D eigenvalue weighted by atomic mass is 16.5. The molecule has 3 aliphatic rings. The third kappa shape index (κ3) is 3.20. The molecule has 2 unspecified atom stereocenters. The summed E-state index contributed by atoms with van der Waals surface area (Å²) in [6.07, 6.45) is 12.7. The molecule has 0 aromatic carbocycles. The predicted molar refractivity (Wildman–Crippen MR) is 83.1 cm³/mol. The van der Waals surface area contributed by atoms with Crippen molar-refractivity contribution >= 4 is 0 Å². The quantitative estimate of drug-likeness (QED) is 0.860. The van der Waals surface area contributed by atoms with Crippen molar-refractivity contribution in [2.75, 3.05) is 26.2 Å². The van der Waals surface area contributed by atoms with Crippen molar-refractivity contribution in [2.24, 2.45) is 0 Å². The maximum Gasteiger partial charge on any atom is 0.0702 e. The molecular formula is C17H32N2O. The van der Waals surface area contributed by atoms with Crippen molar-refractivity contribution in [1.82, 2.24) is 10.2 Å². The molecule has 1 saturated carbocycles. The van der Waals surface area contributed by atoms with Gasteiger partial charge >= 0.3 is 0 Å². The number of rotatable bonds is 3. The van der Waals surface area contributed by atoms with Gasteiger partial charge in [-0.15, -0.1) is 0 Å². The molecule has 1 aliphatic carbocycles. The van der Waals surface area contributed by atoms with E-state index in [0.29, 0.717) is 17.7 Å². The Kier molecular flexibility index (Phi) is 5.00. The molecule has 0 radical (unpaired) electrons. The Labute approximate surface area is 124 Å². The van der Waals surface area contributed by atoms with Gasteiger partial charge in [-0.3, -0.25) is 4.90 Å². The molecule has 2 heterocycles. The van der Waals surface area contributed by atoms with E-state index < -0.39 is 0 Å². The van der Waals surface area contributed by atoms with E-state index in [4.69, 9.17) is 4.74 Å². The van der Waals surface area contributed by atoms with E-state index >= 15 is 0 Å². The number of nitrogens with zero attached hydrogens (tertiary/aromatic N) is 1. The first-order valence-electron chi connectivity index (χ1n) is 8.92. The molecule has 1 N–H and O–H groups in total. The van der Waals surface area contributed by atoms with Crippen molar-refractivity contribution < 1.29 is 4.74 Å². The summed E-state index contributed by atoms with van der Waals surface area (Å²) in [5, 5.41) is 3.81. The third-order valence-corrected chi connectivity index (χ3v) is 5.81. The molecule has 20 heavy (non-hydrogen) atoms. The average Bonchev–Trinajstić information content (AvgIpc) is 2.52. The van der Waals surface area contributed by atoms with E-state index in [1.165, 1.54) is 77.4 Å². The van der Waals surface area contributed by atoms with Gasteiger partial charge in [0.2, 0.25) is 0 Å². The maximum atomic E-state index is 6.02. The molecule has 2 saturated heterocycles. The van der Waals surface area contributed by atoms with Crippen LogP contribution in [0.2, 0.25) is 0 Å². The summed E-state index contributed by atoms with van der Waals surface area (Å²) in [7, 11) is 0.